The maximum atomic E-state index is 6.03. The number of fused-ring (bicyclic) bond motifs is 1. The minimum atomic E-state index is 0.486. The summed E-state index contributed by atoms with van der Waals surface area (Å²) in [6, 6.07) is 13.2. The van der Waals surface area contributed by atoms with Crippen molar-refractivity contribution in [2.75, 3.05) is 0 Å². The van der Waals surface area contributed by atoms with Crippen molar-refractivity contribution in [3.05, 3.63) is 57.4 Å². The van der Waals surface area contributed by atoms with Gasteiger partial charge in [-0.05, 0) is 29.1 Å². The SMILES string of the molecule is CC(C)NCc1cccc2ccn(Cc3ccc(Cl)s3)c12. The molecule has 0 unspecified atom stereocenters. The Morgan fingerprint density at radius 2 is 2.05 bits per heavy atom. The van der Waals surface area contributed by atoms with Crippen LogP contribution in [0.5, 0.6) is 0 Å². The second kappa shape index (κ2) is 6.22. The molecule has 110 valence electrons. The molecule has 3 aromatic rings. The number of thiophene rings is 1. The van der Waals surface area contributed by atoms with Gasteiger partial charge in [0.15, 0.2) is 0 Å². The van der Waals surface area contributed by atoms with Gasteiger partial charge in [0.25, 0.3) is 0 Å². The topological polar surface area (TPSA) is 17.0 Å². The van der Waals surface area contributed by atoms with Crippen molar-refractivity contribution in [1.82, 2.24) is 9.88 Å². The maximum absolute atomic E-state index is 6.03. The Morgan fingerprint density at radius 1 is 1.19 bits per heavy atom. The first kappa shape index (κ1) is 14.6. The van der Waals surface area contributed by atoms with Gasteiger partial charge in [0.1, 0.15) is 0 Å². The number of rotatable bonds is 5. The van der Waals surface area contributed by atoms with Crippen molar-refractivity contribution in [1.29, 1.82) is 0 Å². The molecule has 1 aromatic carbocycles. The molecule has 0 fully saturated rings. The predicted molar refractivity (Wildman–Crippen MR) is 92.3 cm³/mol. The van der Waals surface area contributed by atoms with E-state index in [4.69, 9.17) is 11.6 Å². The zero-order chi connectivity index (χ0) is 14.8. The lowest BCUT2D eigenvalue weighted by Crippen LogP contribution is -2.22. The van der Waals surface area contributed by atoms with Crippen LogP contribution >= 0.6 is 22.9 Å². The summed E-state index contributed by atoms with van der Waals surface area (Å²) < 4.78 is 3.16. The van der Waals surface area contributed by atoms with Crippen molar-refractivity contribution in [2.24, 2.45) is 0 Å². The van der Waals surface area contributed by atoms with Crippen molar-refractivity contribution in [3.63, 3.8) is 0 Å². The zero-order valence-corrected chi connectivity index (χ0v) is 13.8. The number of nitrogens with zero attached hydrogens (tertiary/aromatic N) is 1. The molecule has 2 nitrogen and oxygen atoms in total. The molecule has 3 rings (SSSR count). The molecule has 2 heterocycles. The molecular formula is C17H19ClN2S. The van der Waals surface area contributed by atoms with E-state index in [0.717, 1.165) is 17.4 Å². The molecule has 0 aliphatic carbocycles. The average Bonchev–Trinajstić information content (AvgIpc) is 3.04. The number of hydrogen-bond donors (Lipinski definition) is 1. The van der Waals surface area contributed by atoms with E-state index < -0.39 is 0 Å². The van der Waals surface area contributed by atoms with E-state index in [1.165, 1.54) is 21.3 Å². The third kappa shape index (κ3) is 3.31. The Hall–Kier alpha value is -1.29. The monoisotopic (exact) mass is 318 g/mol. The highest BCUT2D eigenvalue weighted by Gasteiger charge is 2.08. The fraction of sp³-hybridized carbons (Fsp3) is 0.294. The summed E-state index contributed by atoms with van der Waals surface area (Å²) in [5, 5.41) is 4.80. The van der Waals surface area contributed by atoms with Crippen molar-refractivity contribution >= 4 is 33.8 Å². The van der Waals surface area contributed by atoms with Gasteiger partial charge in [-0.25, -0.2) is 0 Å². The number of hydrogen-bond acceptors (Lipinski definition) is 2. The molecular weight excluding hydrogens is 300 g/mol. The Labute approximate surface area is 134 Å². The van der Waals surface area contributed by atoms with Crippen LogP contribution in [0.25, 0.3) is 10.9 Å². The second-order valence-electron chi connectivity index (χ2n) is 5.54. The van der Waals surface area contributed by atoms with Gasteiger partial charge >= 0.3 is 0 Å². The van der Waals surface area contributed by atoms with Gasteiger partial charge < -0.3 is 9.88 Å². The largest absolute Gasteiger partial charge is 0.342 e. The molecule has 0 saturated carbocycles. The van der Waals surface area contributed by atoms with Crippen molar-refractivity contribution in [2.45, 2.75) is 33.0 Å². The smallest absolute Gasteiger partial charge is 0.0931 e. The van der Waals surface area contributed by atoms with E-state index >= 15 is 0 Å². The fourth-order valence-corrected chi connectivity index (χ4v) is 3.62. The summed E-state index contributed by atoms with van der Waals surface area (Å²) in [5.41, 5.74) is 2.66. The lowest BCUT2D eigenvalue weighted by atomic mass is 10.1. The van der Waals surface area contributed by atoms with Gasteiger partial charge in [0, 0.05) is 23.7 Å². The minimum absolute atomic E-state index is 0.486. The zero-order valence-electron chi connectivity index (χ0n) is 12.3. The van der Waals surface area contributed by atoms with Crippen LogP contribution in [0.1, 0.15) is 24.3 Å². The number of para-hydroxylation sites is 1. The molecule has 0 bridgehead atoms. The number of nitrogens with one attached hydrogen (secondary N) is 1. The van der Waals surface area contributed by atoms with Crippen molar-refractivity contribution in [3.8, 4) is 0 Å². The highest BCUT2D eigenvalue weighted by Crippen LogP contribution is 2.26. The molecule has 21 heavy (non-hydrogen) atoms. The molecule has 0 radical (unpaired) electrons. The van der Waals surface area contributed by atoms with Crippen LogP contribution < -0.4 is 5.32 Å². The lowest BCUT2D eigenvalue weighted by molar-refractivity contribution is 0.589. The summed E-state index contributed by atoms with van der Waals surface area (Å²) in [6.45, 7) is 6.11. The van der Waals surface area contributed by atoms with E-state index in [2.05, 4.69) is 60.3 Å². The molecule has 1 N–H and O–H groups in total. The fourth-order valence-electron chi connectivity index (χ4n) is 2.53. The van der Waals surface area contributed by atoms with E-state index in [1.54, 1.807) is 11.3 Å². The first-order chi connectivity index (χ1) is 10.1. The summed E-state index contributed by atoms with van der Waals surface area (Å²) >= 11 is 7.68. The molecule has 0 spiro atoms. The standard InChI is InChI=1S/C17H19ClN2S/c1-12(2)19-10-14-5-3-4-13-8-9-20(17(13)14)11-15-6-7-16(18)21-15/h3-9,12,19H,10-11H2,1-2H3. The first-order valence-electron chi connectivity index (χ1n) is 7.18. The van der Waals surface area contributed by atoms with Gasteiger partial charge in [0.05, 0.1) is 16.4 Å². The van der Waals surface area contributed by atoms with Crippen LogP contribution in [-0.2, 0) is 13.1 Å². The third-order valence-corrected chi connectivity index (χ3v) is 4.74. The molecule has 0 saturated heterocycles. The van der Waals surface area contributed by atoms with Crippen LogP contribution in [0.3, 0.4) is 0 Å². The van der Waals surface area contributed by atoms with E-state index in [-0.39, 0.29) is 0 Å². The molecule has 0 aliphatic heterocycles. The Balaban J connectivity index is 1.95. The Morgan fingerprint density at radius 3 is 2.76 bits per heavy atom. The third-order valence-electron chi connectivity index (χ3n) is 3.53. The van der Waals surface area contributed by atoms with Crippen LogP contribution in [0.15, 0.2) is 42.6 Å². The normalized spacial score (nSPS) is 11.6. The van der Waals surface area contributed by atoms with E-state index in [0.29, 0.717) is 6.04 Å². The Bertz CT molecular complexity index is 742. The van der Waals surface area contributed by atoms with Gasteiger partial charge in [-0.15, -0.1) is 11.3 Å². The lowest BCUT2D eigenvalue weighted by Gasteiger charge is -2.12. The van der Waals surface area contributed by atoms with E-state index in [1.807, 2.05) is 6.07 Å². The van der Waals surface area contributed by atoms with Crippen LogP contribution in [0.4, 0.5) is 0 Å². The first-order valence-corrected chi connectivity index (χ1v) is 8.37. The second-order valence-corrected chi connectivity index (χ2v) is 7.34. The van der Waals surface area contributed by atoms with Crippen LogP contribution in [0, 0.1) is 0 Å². The molecule has 2 aromatic heterocycles. The van der Waals surface area contributed by atoms with Gasteiger partial charge in [-0.3, -0.25) is 0 Å². The van der Waals surface area contributed by atoms with Crippen LogP contribution in [-0.4, -0.2) is 10.6 Å². The number of benzene rings is 1. The van der Waals surface area contributed by atoms with Crippen LogP contribution in [0.2, 0.25) is 4.34 Å². The minimum Gasteiger partial charge on any atom is -0.342 e. The summed E-state index contributed by atoms with van der Waals surface area (Å²) in [4.78, 5) is 1.28. The van der Waals surface area contributed by atoms with Gasteiger partial charge in [-0.2, -0.15) is 0 Å². The van der Waals surface area contributed by atoms with Gasteiger partial charge in [0.2, 0.25) is 0 Å². The molecule has 0 aliphatic rings. The number of halogens is 1. The molecule has 4 heteroatoms. The van der Waals surface area contributed by atoms with Crippen molar-refractivity contribution < 1.29 is 0 Å². The summed E-state index contributed by atoms with van der Waals surface area (Å²) in [7, 11) is 0. The van der Waals surface area contributed by atoms with E-state index in [9.17, 15) is 0 Å². The predicted octanol–water partition coefficient (Wildman–Crippen LogP) is 4.90. The molecule has 0 amide bonds. The molecule has 0 atom stereocenters. The highest BCUT2D eigenvalue weighted by molar-refractivity contribution is 7.16. The van der Waals surface area contributed by atoms with Gasteiger partial charge in [-0.1, -0.05) is 43.6 Å². The maximum Gasteiger partial charge on any atom is 0.0931 e. The average molecular weight is 319 g/mol. The number of aromatic nitrogens is 1. The highest BCUT2D eigenvalue weighted by atomic mass is 35.5. The summed E-state index contributed by atoms with van der Waals surface area (Å²) in [5.74, 6) is 0. The summed E-state index contributed by atoms with van der Waals surface area (Å²) in [6.07, 6.45) is 2.16. The Kier molecular flexibility index (Phi) is 4.34. The quantitative estimate of drug-likeness (QED) is 0.708.